The lowest BCUT2D eigenvalue weighted by Crippen LogP contribution is -2.36. The van der Waals surface area contributed by atoms with Crippen LogP contribution in [0.5, 0.6) is 0 Å². The first kappa shape index (κ1) is 16.0. The number of nitrogens with zero attached hydrogens (tertiary/aromatic N) is 1. The summed E-state index contributed by atoms with van der Waals surface area (Å²) in [7, 11) is 1.37. The highest BCUT2D eigenvalue weighted by atomic mass is 35.5. The maximum atomic E-state index is 12.6. The van der Waals surface area contributed by atoms with Gasteiger partial charge in [-0.1, -0.05) is 17.7 Å². The van der Waals surface area contributed by atoms with Crippen molar-refractivity contribution < 1.29 is 14.3 Å². The van der Waals surface area contributed by atoms with Crippen molar-refractivity contribution in [1.29, 1.82) is 0 Å². The zero-order chi connectivity index (χ0) is 16.4. The van der Waals surface area contributed by atoms with Crippen molar-refractivity contribution in [3.8, 4) is 0 Å². The van der Waals surface area contributed by atoms with Gasteiger partial charge in [0, 0.05) is 27.9 Å². The minimum absolute atomic E-state index is 0.00252. The van der Waals surface area contributed by atoms with Gasteiger partial charge in [0.2, 0.25) is 5.91 Å². The molecule has 1 aliphatic heterocycles. The van der Waals surface area contributed by atoms with Crippen molar-refractivity contribution in [3.05, 3.63) is 51.7 Å². The quantitative estimate of drug-likeness (QED) is 0.787. The Bertz CT molecular complexity index is 699. The Balaban J connectivity index is 1.96. The highest BCUT2D eigenvalue weighted by molar-refractivity contribution is 7.10. The molecule has 4 nitrogen and oxygen atoms in total. The molecule has 1 amide bonds. The van der Waals surface area contributed by atoms with E-state index in [1.54, 1.807) is 40.5 Å². The van der Waals surface area contributed by atoms with Crippen LogP contribution < -0.4 is 4.90 Å². The largest absolute Gasteiger partial charge is 0.469 e. The van der Waals surface area contributed by atoms with Gasteiger partial charge in [-0.3, -0.25) is 9.59 Å². The Morgan fingerprint density at radius 3 is 2.70 bits per heavy atom. The van der Waals surface area contributed by atoms with Gasteiger partial charge in [-0.15, -0.1) is 11.3 Å². The molecule has 0 saturated carbocycles. The third kappa shape index (κ3) is 3.26. The highest BCUT2D eigenvalue weighted by Gasteiger charge is 2.43. The van der Waals surface area contributed by atoms with E-state index in [1.807, 2.05) is 17.5 Å². The molecule has 1 aromatic carbocycles. The van der Waals surface area contributed by atoms with E-state index in [-0.39, 0.29) is 30.3 Å². The number of hydrogen-bond acceptors (Lipinski definition) is 4. The molecule has 0 aliphatic carbocycles. The average molecular weight is 350 g/mol. The standard InChI is InChI=1S/C17H16ClNO3S/c1-22-17(21)10-14-13(15-3-2-8-23-15)9-16(20)19(14)12-6-4-11(18)5-7-12/h2-8,13-14H,9-10H2,1H3. The second kappa shape index (κ2) is 6.72. The fraction of sp³-hybridized carbons (Fsp3) is 0.294. The summed E-state index contributed by atoms with van der Waals surface area (Å²) in [6.45, 7) is 0. The van der Waals surface area contributed by atoms with Crippen LogP contribution in [0, 0.1) is 0 Å². The summed E-state index contributed by atoms with van der Waals surface area (Å²) in [6, 6.07) is 10.8. The van der Waals surface area contributed by atoms with E-state index in [9.17, 15) is 9.59 Å². The maximum absolute atomic E-state index is 12.6. The van der Waals surface area contributed by atoms with Crippen LogP contribution >= 0.6 is 22.9 Å². The van der Waals surface area contributed by atoms with Crippen LogP contribution in [0.1, 0.15) is 23.6 Å². The summed E-state index contributed by atoms with van der Waals surface area (Å²) in [5.74, 6) is -0.304. The second-order valence-electron chi connectivity index (χ2n) is 5.41. The minimum atomic E-state index is -0.315. The lowest BCUT2D eigenvalue weighted by Gasteiger charge is -2.27. The molecule has 0 radical (unpaired) electrons. The monoisotopic (exact) mass is 349 g/mol. The summed E-state index contributed by atoms with van der Waals surface area (Å²) in [4.78, 5) is 27.3. The van der Waals surface area contributed by atoms with Crippen LogP contribution in [-0.4, -0.2) is 25.0 Å². The lowest BCUT2D eigenvalue weighted by atomic mass is 9.95. The molecule has 2 atom stereocenters. The minimum Gasteiger partial charge on any atom is -0.469 e. The van der Waals surface area contributed by atoms with E-state index < -0.39 is 0 Å². The van der Waals surface area contributed by atoms with Gasteiger partial charge in [-0.05, 0) is 35.7 Å². The molecule has 2 unspecified atom stereocenters. The van der Waals surface area contributed by atoms with Crippen molar-refractivity contribution in [2.75, 3.05) is 12.0 Å². The first-order valence-corrected chi connectivity index (χ1v) is 8.53. The number of esters is 1. The van der Waals surface area contributed by atoms with Gasteiger partial charge in [-0.2, -0.15) is 0 Å². The van der Waals surface area contributed by atoms with E-state index in [0.29, 0.717) is 11.4 Å². The smallest absolute Gasteiger partial charge is 0.307 e. The number of thiophene rings is 1. The molecule has 0 N–H and O–H groups in total. The van der Waals surface area contributed by atoms with Gasteiger partial charge in [0.1, 0.15) is 0 Å². The highest BCUT2D eigenvalue weighted by Crippen LogP contribution is 2.41. The predicted octanol–water partition coefficient (Wildman–Crippen LogP) is 3.85. The van der Waals surface area contributed by atoms with E-state index >= 15 is 0 Å². The Morgan fingerprint density at radius 2 is 2.09 bits per heavy atom. The van der Waals surface area contributed by atoms with Crippen molar-refractivity contribution in [2.45, 2.75) is 24.8 Å². The molecule has 0 bridgehead atoms. The molecule has 2 aromatic rings. The first-order valence-electron chi connectivity index (χ1n) is 7.28. The van der Waals surface area contributed by atoms with Crippen LogP contribution in [0.3, 0.4) is 0 Å². The molecular formula is C17H16ClNO3S. The lowest BCUT2D eigenvalue weighted by molar-refractivity contribution is -0.141. The molecule has 23 heavy (non-hydrogen) atoms. The molecule has 1 saturated heterocycles. The topological polar surface area (TPSA) is 46.6 Å². The third-order valence-corrected chi connectivity index (χ3v) is 5.33. The molecule has 3 rings (SSSR count). The van der Waals surface area contributed by atoms with Gasteiger partial charge < -0.3 is 9.64 Å². The number of hydrogen-bond donors (Lipinski definition) is 0. The molecule has 1 aromatic heterocycles. The van der Waals surface area contributed by atoms with Crippen LogP contribution in [0.2, 0.25) is 5.02 Å². The Labute approximate surface area is 143 Å². The van der Waals surface area contributed by atoms with Gasteiger partial charge in [-0.25, -0.2) is 0 Å². The molecule has 2 heterocycles. The number of rotatable bonds is 4. The van der Waals surface area contributed by atoms with Gasteiger partial charge in [0.05, 0.1) is 19.6 Å². The number of amides is 1. The third-order valence-electron chi connectivity index (χ3n) is 4.08. The number of anilines is 1. The zero-order valence-corrected chi connectivity index (χ0v) is 14.1. The van der Waals surface area contributed by atoms with Gasteiger partial charge >= 0.3 is 5.97 Å². The summed E-state index contributed by atoms with van der Waals surface area (Å²) in [6.07, 6.45) is 0.568. The van der Waals surface area contributed by atoms with Gasteiger partial charge in [0.15, 0.2) is 0 Å². The molecule has 120 valence electrons. The second-order valence-corrected chi connectivity index (χ2v) is 6.83. The summed E-state index contributed by atoms with van der Waals surface area (Å²) in [5.41, 5.74) is 0.757. The Morgan fingerprint density at radius 1 is 1.35 bits per heavy atom. The summed E-state index contributed by atoms with van der Waals surface area (Å²) in [5, 5.41) is 2.60. The fourth-order valence-electron chi connectivity index (χ4n) is 3.00. The number of methoxy groups -OCH3 is 1. The SMILES string of the molecule is COC(=O)CC1C(c2cccs2)CC(=O)N1c1ccc(Cl)cc1. The number of benzene rings is 1. The van der Waals surface area contributed by atoms with Crippen LogP contribution in [0.4, 0.5) is 5.69 Å². The predicted molar refractivity (Wildman–Crippen MR) is 91.0 cm³/mol. The molecule has 6 heteroatoms. The van der Waals surface area contributed by atoms with Crippen molar-refractivity contribution in [2.24, 2.45) is 0 Å². The summed E-state index contributed by atoms with van der Waals surface area (Å²) < 4.78 is 4.82. The molecule has 1 fully saturated rings. The van der Waals surface area contributed by atoms with Crippen molar-refractivity contribution in [1.82, 2.24) is 0 Å². The molecule has 0 spiro atoms. The van der Waals surface area contributed by atoms with Crippen LogP contribution in [0.25, 0.3) is 0 Å². The van der Waals surface area contributed by atoms with Gasteiger partial charge in [0.25, 0.3) is 0 Å². The van der Waals surface area contributed by atoms with Crippen molar-refractivity contribution >= 4 is 40.5 Å². The van der Waals surface area contributed by atoms with E-state index in [1.165, 1.54) is 7.11 Å². The molecule has 1 aliphatic rings. The summed E-state index contributed by atoms with van der Waals surface area (Å²) >= 11 is 7.54. The maximum Gasteiger partial charge on any atom is 0.307 e. The fourth-order valence-corrected chi connectivity index (χ4v) is 4.02. The Kier molecular flexibility index (Phi) is 4.68. The van der Waals surface area contributed by atoms with Crippen LogP contribution in [0.15, 0.2) is 41.8 Å². The average Bonchev–Trinajstić information content (AvgIpc) is 3.17. The zero-order valence-electron chi connectivity index (χ0n) is 12.6. The Hall–Kier alpha value is -1.85. The van der Waals surface area contributed by atoms with E-state index in [2.05, 4.69) is 0 Å². The number of halogens is 1. The van der Waals surface area contributed by atoms with E-state index in [0.717, 1.165) is 10.6 Å². The van der Waals surface area contributed by atoms with Crippen molar-refractivity contribution in [3.63, 3.8) is 0 Å². The normalized spacial score (nSPS) is 20.8. The molecular weight excluding hydrogens is 334 g/mol. The first-order chi connectivity index (χ1) is 11.1. The number of carbonyl (C=O) groups is 2. The number of carbonyl (C=O) groups excluding carboxylic acids is 2. The number of ether oxygens (including phenoxy) is 1. The van der Waals surface area contributed by atoms with E-state index in [4.69, 9.17) is 16.3 Å². The van der Waals surface area contributed by atoms with Crippen LogP contribution in [-0.2, 0) is 14.3 Å².